The number of nitrogens with one attached hydrogen (secondary N) is 1. The minimum atomic E-state index is -0.649. The Hall–Kier alpha value is -2.93. The molecular formula is C18H17ClN2O5. The summed E-state index contributed by atoms with van der Waals surface area (Å²) in [5.74, 6) is -1.56. The highest BCUT2D eigenvalue weighted by atomic mass is 35.5. The van der Waals surface area contributed by atoms with Gasteiger partial charge in [0.05, 0.1) is 10.8 Å². The molecule has 2 aromatic rings. The Bertz CT molecular complexity index is 810. The molecule has 0 aliphatic rings. The van der Waals surface area contributed by atoms with Crippen molar-refractivity contribution in [3.8, 4) is 0 Å². The normalized spacial score (nSPS) is 11.5. The van der Waals surface area contributed by atoms with Gasteiger partial charge in [-0.1, -0.05) is 48.9 Å². The predicted octanol–water partition coefficient (Wildman–Crippen LogP) is 3.92. The first-order chi connectivity index (χ1) is 12.4. The van der Waals surface area contributed by atoms with Crippen LogP contribution in [-0.2, 0) is 14.3 Å². The standard InChI is InChI=1S/C18H17ClN2O5/c1-2-14(12-6-4-3-5-7-12)18(23)26-11-17(22)20-13-8-9-15(19)16(10-13)21(24)25/h3-10,14H,2,11H2,1H3,(H,20,22)/t14-/m1/s1. The van der Waals surface area contributed by atoms with Crippen LogP contribution in [0.1, 0.15) is 24.8 Å². The number of hydrogen-bond donors (Lipinski definition) is 1. The van der Waals surface area contributed by atoms with Crippen molar-refractivity contribution < 1.29 is 19.2 Å². The Morgan fingerprint density at radius 1 is 1.23 bits per heavy atom. The Kier molecular flexibility index (Phi) is 6.68. The van der Waals surface area contributed by atoms with Gasteiger partial charge in [0.2, 0.25) is 0 Å². The first kappa shape index (κ1) is 19.4. The Labute approximate surface area is 155 Å². The molecule has 0 spiro atoms. The van der Waals surface area contributed by atoms with E-state index in [0.29, 0.717) is 6.42 Å². The number of ether oxygens (including phenoxy) is 1. The number of hydrogen-bond acceptors (Lipinski definition) is 5. The average molecular weight is 377 g/mol. The van der Waals surface area contributed by atoms with Crippen LogP contribution >= 0.6 is 11.6 Å². The van der Waals surface area contributed by atoms with E-state index in [1.54, 1.807) is 0 Å². The molecule has 0 saturated carbocycles. The first-order valence-electron chi connectivity index (χ1n) is 7.87. The van der Waals surface area contributed by atoms with Crippen molar-refractivity contribution in [2.24, 2.45) is 0 Å². The zero-order chi connectivity index (χ0) is 19.1. The van der Waals surface area contributed by atoms with Crippen LogP contribution < -0.4 is 5.32 Å². The van der Waals surface area contributed by atoms with E-state index in [2.05, 4.69) is 5.32 Å². The molecule has 0 aromatic heterocycles. The lowest BCUT2D eigenvalue weighted by Gasteiger charge is -2.14. The second kappa shape index (κ2) is 8.96. The number of nitrogens with zero attached hydrogens (tertiary/aromatic N) is 1. The topological polar surface area (TPSA) is 98.5 Å². The van der Waals surface area contributed by atoms with Crippen molar-refractivity contribution in [1.82, 2.24) is 0 Å². The lowest BCUT2D eigenvalue weighted by molar-refractivity contribution is -0.384. The van der Waals surface area contributed by atoms with Gasteiger partial charge < -0.3 is 10.1 Å². The summed E-state index contributed by atoms with van der Waals surface area (Å²) in [6.07, 6.45) is 0.536. The Balaban J connectivity index is 1.95. The predicted molar refractivity (Wildman–Crippen MR) is 97.2 cm³/mol. The number of rotatable bonds is 7. The third-order valence-corrected chi connectivity index (χ3v) is 3.99. The van der Waals surface area contributed by atoms with Gasteiger partial charge in [0.25, 0.3) is 11.6 Å². The number of carbonyl (C=O) groups excluding carboxylic acids is 2. The van der Waals surface area contributed by atoms with E-state index >= 15 is 0 Å². The molecular weight excluding hydrogens is 360 g/mol. The Morgan fingerprint density at radius 2 is 1.92 bits per heavy atom. The van der Waals surface area contributed by atoms with Gasteiger partial charge in [-0.05, 0) is 24.1 Å². The van der Waals surface area contributed by atoms with Gasteiger partial charge in [0.1, 0.15) is 5.02 Å². The maximum absolute atomic E-state index is 12.2. The first-order valence-corrected chi connectivity index (χ1v) is 8.25. The Morgan fingerprint density at radius 3 is 2.54 bits per heavy atom. The summed E-state index contributed by atoms with van der Waals surface area (Å²) in [5, 5.41) is 13.3. The number of carbonyl (C=O) groups is 2. The van der Waals surface area contributed by atoms with Crippen LogP contribution in [0.4, 0.5) is 11.4 Å². The van der Waals surface area contributed by atoms with E-state index in [4.69, 9.17) is 16.3 Å². The summed E-state index contributed by atoms with van der Waals surface area (Å²) in [7, 11) is 0. The molecule has 2 aromatic carbocycles. The fourth-order valence-electron chi connectivity index (χ4n) is 2.39. The highest BCUT2D eigenvalue weighted by molar-refractivity contribution is 6.32. The zero-order valence-corrected chi connectivity index (χ0v) is 14.7. The monoisotopic (exact) mass is 376 g/mol. The largest absolute Gasteiger partial charge is 0.455 e. The van der Waals surface area contributed by atoms with Crippen molar-refractivity contribution in [2.75, 3.05) is 11.9 Å². The van der Waals surface area contributed by atoms with E-state index in [-0.39, 0.29) is 16.4 Å². The van der Waals surface area contributed by atoms with Gasteiger partial charge in [0.15, 0.2) is 6.61 Å². The minimum absolute atomic E-state index is 0.0342. The summed E-state index contributed by atoms with van der Waals surface area (Å²) >= 11 is 5.72. The van der Waals surface area contributed by atoms with E-state index in [9.17, 15) is 19.7 Å². The summed E-state index contributed by atoms with van der Waals surface area (Å²) in [6.45, 7) is 1.37. The van der Waals surface area contributed by atoms with Crippen LogP contribution in [-0.4, -0.2) is 23.4 Å². The van der Waals surface area contributed by atoms with Gasteiger partial charge in [0, 0.05) is 11.8 Å². The molecule has 1 N–H and O–H groups in total. The number of anilines is 1. The number of nitro benzene ring substituents is 1. The number of halogens is 1. The molecule has 0 saturated heterocycles. The zero-order valence-electron chi connectivity index (χ0n) is 14.0. The van der Waals surface area contributed by atoms with Crippen LogP contribution in [0.3, 0.4) is 0 Å². The van der Waals surface area contributed by atoms with Crippen LogP contribution in [0.15, 0.2) is 48.5 Å². The lowest BCUT2D eigenvalue weighted by Crippen LogP contribution is -2.23. The highest BCUT2D eigenvalue weighted by Gasteiger charge is 2.21. The van der Waals surface area contributed by atoms with Crippen LogP contribution in [0.2, 0.25) is 5.02 Å². The second-order valence-corrected chi connectivity index (χ2v) is 5.86. The molecule has 0 bridgehead atoms. The molecule has 0 unspecified atom stereocenters. The van der Waals surface area contributed by atoms with Crippen molar-refractivity contribution in [3.05, 3.63) is 69.2 Å². The molecule has 1 atom stereocenters. The van der Waals surface area contributed by atoms with Gasteiger partial charge in [-0.3, -0.25) is 19.7 Å². The third kappa shape index (κ3) is 5.03. The summed E-state index contributed by atoms with van der Waals surface area (Å²) in [4.78, 5) is 34.4. The summed E-state index contributed by atoms with van der Waals surface area (Å²) in [5.41, 5.74) is 0.683. The molecule has 2 rings (SSSR count). The lowest BCUT2D eigenvalue weighted by atomic mass is 9.97. The molecule has 0 radical (unpaired) electrons. The van der Waals surface area contributed by atoms with E-state index < -0.39 is 29.3 Å². The number of benzene rings is 2. The molecule has 26 heavy (non-hydrogen) atoms. The molecule has 0 fully saturated rings. The molecule has 1 amide bonds. The number of nitro groups is 1. The average Bonchev–Trinajstić information content (AvgIpc) is 2.63. The van der Waals surface area contributed by atoms with Crippen molar-refractivity contribution in [3.63, 3.8) is 0 Å². The van der Waals surface area contributed by atoms with Crippen molar-refractivity contribution in [1.29, 1.82) is 0 Å². The highest BCUT2D eigenvalue weighted by Crippen LogP contribution is 2.27. The smallest absolute Gasteiger partial charge is 0.313 e. The fraction of sp³-hybridized carbons (Fsp3) is 0.222. The van der Waals surface area contributed by atoms with Crippen molar-refractivity contribution in [2.45, 2.75) is 19.3 Å². The SMILES string of the molecule is CC[C@@H](C(=O)OCC(=O)Nc1ccc(Cl)c([N+](=O)[O-])c1)c1ccccc1. The summed E-state index contributed by atoms with van der Waals surface area (Å²) in [6, 6.07) is 13.0. The fourth-order valence-corrected chi connectivity index (χ4v) is 2.58. The van der Waals surface area contributed by atoms with Gasteiger partial charge in [-0.15, -0.1) is 0 Å². The van der Waals surface area contributed by atoms with E-state index in [0.717, 1.165) is 11.6 Å². The molecule has 0 heterocycles. The molecule has 0 aliphatic carbocycles. The minimum Gasteiger partial charge on any atom is -0.455 e. The van der Waals surface area contributed by atoms with Gasteiger partial charge in [-0.25, -0.2) is 0 Å². The quantitative estimate of drug-likeness (QED) is 0.448. The van der Waals surface area contributed by atoms with E-state index in [1.165, 1.54) is 12.1 Å². The maximum atomic E-state index is 12.2. The summed E-state index contributed by atoms with van der Waals surface area (Å²) < 4.78 is 5.07. The molecule has 8 heteroatoms. The number of amides is 1. The van der Waals surface area contributed by atoms with Crippen LogP contribution in [0.5, 0.6) is 0 Å². The van der Waals surface area contributed by atoms with Crippen molar-refractivity contribution >= 4 is 34.9 Å². The second-order valence-electron chi connectivity index (χ2n) is 5.45. The molecule has 136 valence electrons. The molecule has 0 aliphatic heterocycles. The third-order valence-electron chi connectivity index (χ3n) is 3.67. The number of esters is 1. The molecule has 7 nitrogen and oxygen atoms in total. The van der Waals surface area contributed by atoms with Crippen LogP contribution in [0, 0.1) is 10.1 Å². The van der Waals surface area contributed by atoms with E-state index in [1.807, 2.05) is 37.3 Å². The van der Waals surface area contributed by atoms with Crippen LogP contribution in [0.25, 0.3) is 0 Å². The maximum Gasteiger partial charge on any atom is 0.313 e. The van der Waals surface area contributed by atoms with Gasteiger partial charge >= 0.3 is 5.97 Å². The van der Waals surface area contributed by atoms with Gasteiger partial charge in [-0.2, -0.15) is 0 Å².